The molecule has 3 saturated heterocycles. The molecular formula is C36H46N6O3. The lowest BCUT2D eigenvalue weighted by Crippen LogP contribution is -2.55. The van der Waals surface area contributed by atoms with E-state index in [4.69, 9.17) is 4.98 Å². The molecule has 1 aliphatic carbocycles. The van der Waals surface area contributed by atoms with E-state index in [0.717, 1.165) is 111 Å². The Labute approximate surface area is 265 Å². The molecular weight excluding hydrogens is 564 g/mol. The predicted molar refractivity (Wildman–Crippen MR) is 175 cm³/mol. The maximum Gasteiger partial charge on any atom is 0.254 e. The number of piperazine rings is 1. The molecule has 1 saturated carbocycles. The van der Waals surface area contributed by atoms with Crippen molar-refractivity contribution in [1.29, 1.82) is 0 Å². The fourth-order valence-corrected chi connectivity index (χ4v) is 8.09. The van der Waals surface area contributed by atoms with E-state index in [2.05, 4.69) is 45.1 Å². The number of benzene rings is 1. The quantitative estimate of drug-likeness (QED) is 0.444. The van der Waals surface area contributed by atoms with E-state index < -0.39 is 0 Å². The summed E-state index contributed by atoms with van der Waals surface area (Å²) in [5, 5.41) is 1.15. The molecule has 4 aliphatic rings. The molecule has 9 heteroatoms. The van der Waals surface area contributed by atoms with Crippen LogP contribution in [0.25, 0.3) is 22.2 Å². The molecule has 2 aromatic heterocycles. The molecule has 3 amide bonds. The molecule has 3 aliphatic heterocycles. The Bertz CT molecular complexity index is 1540. The summed E-state index contributed by atoms with van der Waals surface area (Å²) in [6, 6.07) is 13.0. The minimum Gasteiger partial charge on any atom is -0.361 e. The second-order valence-corrected chi connectivity index (χ2v) is 13.6. The average Bonchev–Trinajstić information content (AvgIpc) is 3.80. The lowest BCUT2D eigenvalue weighted by Gasteiger charge is -2.43. The summed E-state index contributed by atoms with van der Waals surface area (Å²) in [6.07, 6.45) is 10.2. The third kappa shape index (κ3) is 6.37. The number of aromatic nitrogens is 2. The molecule has 238 valence electrons. The number of carbonyl (C=O) groups is 3. The van der Waals surface area contributed by atoms with Gasteiger partial charge in [-0.25, -0.2) is 0 Å². The smallest absolute Gasteiger partial charge is 0.254 e. The number of fused-ring (bicyclic) bond motifs is 1. The first kappa shape index (κ1) is 30.0. The zero-order chi connectivity index (χ0) is 30.9. The first-order valence-corrected chi connectivity index (χ1v) is 17.1. The number of piperidine rings is 2. The normalized spacial score (nSPS) is 21.1. The van der Waals surface area contributed by atoms with Gasteiger partial charge in [-0.15, -0.1) is 0 Å². The van der Waals surface area contributed by atoms with Gasteiger partial charge >= 0.3 is 0 Å². The Morgan fingerprint density at radius 3 is 2.18 bits per heavy atom. The van der Waals surface area contributed by atoms with E-state index in [1.54, 1.807) is 6.92 Å². The molecule has 5 heterocycles. The van der Waals surface area contributed by atoms with Gasteiger partial charge in [-0.2, -0.15) is 0 Å². The molecule has 3 aromatic rings. The van der Waals surface area contributed by atoms with Crippen LogP contribution in [0.1, 0.15) is 80.3 Å². The Hall–Kier alpha value is -3.72. The highest BCUT2D eigenvalue weighted by atomic mass is 16.2. The third-order valence-electron chi connectivity index (χ3n) is 10.9. The van der Waals surface area contributed by atoms with Gasteiger partial charge in [0.2, 0.25) is 11.8 Å². The van der Waals surface area contributed by atoms with Crippen molar-refractivity contribution in [1.82, 2.24) is 29.6 Å². The molecule has 0 bridgehead atoms. The molecule has 4 fully saturated rings. The topological polar surface area (TPSA) is 92.9 Å². The molecule has 9 nitrogen and oxygen atoms in total. The lowest BCUT2D eigenvalue weighted by atomic mass is 9.93. The summed E-state index contributed by atoms with van der Waals surface area (Å²) in [5.74, 6) is 0.959. The standard InChI is InChI=1S/C36H46N6O3/c1-25(43)39-14-9-27(10-15-39)35(44)41-16-11-31(12-17-41)40-18-20-42(21-19-40)36(45)30-23-33(26-4-2-3-5-26)38-34(24-30)28-6-7-32-29(22-28)8-13-37-32/h6-8,13,22-24,26-27,31,37H,2-5,9-12,14-21H2,1H3. The summed E-state index contributed by atoms with van der Waals surface area (Å²) >= 11 is 0. The molecule has 1 aromatic carbocycles. The van der Waals surface area contributed by atoms with Crippen molar-refractivity contribution >= 4 is 28.6 Å². The molecule has 0 unspecified atom stereocenters. The number of rotatable bonds is 5. The van der Waals surface area contributed by atoms with Crippen LogP contribution in [0.4, 0.5) is 0 Å². The van der Waals surface area contributed by atoms with Crippen molar-refractivity contribution in [3.05, 3.63) is 53.9 Å². The van der Waals surface area contributed by atoms with Gasteiger partial charge in [-0.1, -0.05) is 18.9 Å². The number of likely N-dealkylation sites (tertiary alicyclic amines) is 2. The van der Waals surface area contributed by atoms with Crippen LogP contribution in [0.3, 0.4) is 0 Å². The Balaban J connectivity index is 0.966. The van der Waals surface area contributed by atoms with Gasteiger partial charge in [0, 0.05) is 111 Å². The summed E-state index contributed by atoms with van der Waals surface area (Å²) in [7, 11) is 0. The maximum atomic E-state index is 13.9. The Morgan fingerprint density at radius 1 is 0.756 bits per heavy atom. The van der Waals surface area contributed by atoms with Gasteiger partial charge in [0.05, 0.1) is 5.69 Å². The highest BCUT2D eigenvalue weighted by Gasteiger charge is 2.34. The average molecular weight is 611 g/mol. The number of nitrogens with zero attached hydrogens (tertiary/aromatic N) is 5. The van der Waals surface area contributed by atoms with Crippen molar-refractivity contribution in [2.75, 3.05) is 52.4 Å². The minimum absolute atomic E-state index is 0.0473. The molecule has 7 rings (SSSR count). The van der Waals surface area contributed by atoms with Crippen molar-refractivity contribution in [3.63, 3.8) is 0 Å². The van der Waals surface area contributed by atoms with Gasteiger partial charge < -0.3 is 19.7 Å². The molecule has 0 spiro atoms. The van der Waals surface area contributed by atoms with Gasteiger partial charge in [-0.3, -0.25) is 24.3 Å². The van der Waals surface area contributed by atoms with E-state index in [0.29, 0.717) is 25.0 Å². The molecule has 0 atom stereocenters. The van der Waals surface area contributed by atoms with E-state index in [9.17, 15) is 14.4 Å². The fourth-order valence-electron chi connectivity index (χ4n) is 8.09. The monoisotopic (exact) mass is 610 g/mol. The fraction of sp³-hybridized carbons (Fsp3) is 0.556. The minimum atomic E-state index is 0.0473. The highest BCUT2D eigenvalue weighted by Crippen LogP contribution is 2.35. The lowest BCUT2D eigenvalue weighted by molar-refractivity contribution is -0.141. The van der Waals surface area contributed by atoms with Crippen LogP contribution in [-0.4, -0.2) is 106 Å². The summed E-state index contributed by atoms with van der Waals surface area (Å²) in [4.78, 5) is 55.6. The van der Waals surface area contributed by atoms with Gasteiger partial charge in [0.1, 0.15) is 0 Å². The Morgan fingerprint density at radius 2 is 1.47 bits per heavy atom. The van der Waals surface area contributed by atoms with Crippen LogP contribution in [-0.2, 0) is 9.59 Å². The second kappa shape index (κ2) is 12.9. The van der Waals surface area contributed by atoms with E-state index in [-0.39, 0.29) is 23.6 Å². The number of hydrogen-bond donors (Lipinski definition) is 1. The van der Waals surface area contributed by atoms with Crippen LogP contribution >= 0.6 is 0 Å². The summed E-state index contributed by atoms with van der Waals surface area (Å²) in [5.41, 5.74) is 4.85. The first-order valence-electron chi connectivity index (χ1n) is 17.1. The van der Waals surface area contributed by atoms with Crippen molar-refractivity contribution in [2.45, 2.75) is 70.3 Å². The van der Waals surface area contributed by atoms with Crippen LogP contribution in [0.15, 0.2) is 42.6 Å². The van der Waals surface area contributed by atoms with Gasteiger partial charge in [0.15, 0.2) is 0 Å². The molecule has 0 radical (unpaired) electrons. The Kier molecular flexibility index (Phi) is 8.62. The van der Waals surface area contributed by atoms with Gasteiger partial charge in [0.25, 0.3) is 5.91 Å². The largest absolute Gasteiger partial charge is 0.361 e. The van der Waals surface area contributed by atoms with Crippen LogP contribution in [0, 0.1) is 5.92 Å². The number of hydrogen-bond acceptors (Lipinski definition) is 5. The SMILES string of the molecule is CC(=O)N1CCC(C(=O)N2CCC(N3CCN(C(=O)c4cc(-c5ccc6[nH]ccc6c5)nc(C5CCCC5)c4)CC3)CC2)CC1. The number of aromatic amines is 1. The highest BCUT2D eigenvalue weighted by molar-refractivity contribution is 5.96. The predicted octanol–water partition coefficient (Wildman–Crippen LogP) is 4.89. The number of amides is 3. The number of carbonyl (C=O) groups excluding carboxylic acids is 3. The maximum absolute atomic E-state index is 13.9. The van der Waals surface area contributed by atoms with Gasteiger partial charge in [-0.05, 0) is 68.9 Å². The zero-order valence-corrected chi connectivity index (χ0v) is 26.5. The molecule has 1 N–H and O–H groups in total. The van der Waals surface area contributed by atoms with Crippen LogP contribution in [0.5, 0.6) is 0 Å². The van der Waals surface area contributed by atoms with E-state index in [1.165, 1.54) is 12.8 Å². The zero-order valence-electron chi connectivity index (χ0n) is 26.5. The van der Waals surface area contributed by atoms with E-state index in [1.807, 2.05) is 22.1 Å². The van der Waals surface area contributed by atoms with E-state index >= 15 is 0 Å². The summed E-state index contributed by atoms with van der Waals surface area (Å²) < 4.78 is 0. The number of H-pyrrole nitrogens is 1. The number of pyridine rings is 1. The number of nitrogens with one attached hydrogen (secondary N) is 1. The summed E-state index contributed by atoms with van der Waals surface area (Å²) in [6.45, 7) is 7.76. The third-order valence-corrected chi connectivity index (χ3v) is 10.9. The van der Waals surface area contributed by atoms with Crippen molar-refractivity contribution in [2.24, 2.45) is 5.92 Å². The molecule has 45 heavy (non-hydrogen) atoms. The van der Waals surface area contributed by atoms with Crippen LogP contribution in [0.2, 0.25) is 0 Å². The second-order valence-electron chi connectivity index (χ2n) is 13.6. The van der Waals surface area contributed by atoms with Crippen molar-refractivity contribution in [3.8, 4) is 11.3 Å². The van der Waals surface area contributed by atoms with Crippen LogP contribution < -0.4 is 0 Å². The van der Waals surface area contributed by atoms with Crippen molar-refractivity contribution < 1.29 is 14.4 Å². The first-order chi connectivity index (χ1) is 21.9.